The van der Waals surface area contributed by atoms with Gasteiger partial charge in [-0.2, -0.15) is 10.2 Å². The van der Waals surface area contributed by atoms with E-state index < -0.39 is 0 Å². The minimum absolute atomic E-state index is 0.962. The van der Waals surface area contributed by atoms with Crippen LogP contribution in [0.3, 0.4) is 0 Å². The van der Waals surface area contributed by atoms with Crippen LogP contribution in [0, 0.1) is 0 Å². The van der Waals surface area contributed by atoms with E-state index in [-0.39, 0.29) is 0 Å². The molecule has 0 bridgehead atoms. The first kappa shape index (κ1) is 30.0. The van der Waals surface area contributed by atoms with Crippen LogP contribution in [0.4, 0.5) is 0 Å². The molecule has 0 radical (unpaired) electrons. The highest BCUT2D eigenvalue weighted by atomic mass is 15.3. The quantitative estimate of drug-likeness (QED) is 0.132. The van der Waals surface area contributed by atoms with Gasteiger partial charge in [0.15, 0.2) is 0 Å². The standard InChI is InChI=1S/C50H31N5/c1-6-16-32(17-7-1)37-30-42-48-43(31-37)55-50-41(29-27-39(34-20-10-3-11-21-34)45(50)47(52-55)36-24-14-5-15-25-36)53(48)40-28-26-38(33-18-8-2-9-19-33)44-46(51-54(42)49(40)44)35-22-12-4-13-23-35/h1-31H. The van der Waals surface area contributed by atoms with Crippen LogP contribution in [0.25, 0.3) is 105 Å². The van der Waals surface area contributed by atoms with Crippen molar-refractivity contribution < 1.29 is 0 Å². The minimum Gasteiger partial charge on any atom is -0.302 e. The normalized spacial score (nSPS) is 12.0. The number of fused-ring (bicyclic) bond motifs is 4. The van der Waals surface area contributed by atoms with Gasteiger partial charge in [-0.3, -0.25) is 0 Å². The fraction of sp³-hybridized carbons (Fsp3) is 0. The van der Waals surface area contributed by atoms with Crippen LogP contribution in [0.2, 0.25) is 0 Å². The number of hydrogen-bond acceptors (Lipinski definition) is 2. The van der Waals surface area contributed by atoms with E-state index in [1.807, 2.05) is 0 Å². The van der Waals surface area contributed by atoms with Crippen LogP contribution in [0.5, 0.6) is 0 Å². The molecule has 55 heavy (non-hydrogen) atoms. The second-order valence-corrected chi connectivity index (χ2v) is 14.3. The van der Waals surface area contributed by atoms with Gasteiger partial charge in [-0.1, -0.05) is 164 Å². The molecule has 2 aliphatic rings. The average Bonchev–Trinajstić information content (AvgIpc) is 3.87. The molecule has 0 N–H and O–H groups in total. The van der Waals surface area contributed by atoms with Gasteiger partial charge in [0.2, 0.25) is 0 Å². The van der Waals surface area contributed by atoms with E-state index in [2.05, 4.69) is 202 Å². The van der Waals surface area contributed by atoms with Gasteiger partial charge in [0, 0.05) is 21.9 Å². The van der Waals surface area contributed by atoms with Gasteiger partial charge in [0.1, 0.15) is 11.4 Å². The maximum atomic E-state index is 5.56. The SMILES string of the molecule is c1ccc(-c2cc3c4c(c2)n2nc(-c5ccccc5)c5c(-c6ccccc6)ccc(c52)n-4c2ccc(-c4ccccc4)c4c(-c5ccccc5)nn3c42)cc1. The number of benzene rings is 8. The molecular weight excluding hydrogens is 671 g/mol. The zero-order valence-corrected chi connectivity index (χ0v) is 29.6. The van der Waals surface area contributed by atoms with Crippen molar-refractivity contribution in [2.75, 3.05) is 0 Å². The highest BCUT2D eigenvalue weighted by Crippen LogP contribution is 2.47. The summed E-state index contributed by atoms with van der Waals surface area (Å²) in [5.74, 6) is 0. The Bertz CT molecular complexity index is 3120. The molecule has 2 aliphatic heterocycles. The topological polar surface area (TPSA) is 39.5 Å². The summed E-state index contributed by atoms with van der Waals surface area (Å²) in [5, 5.41) is 13.4. The Balaban J connectivity index is 1.34. The Hall–Kier alpha value is -7.50. The lowest BCUT2D eigenvalue weighted by atomic mass is 9.95. The molecule has 0 aliphatic carbocycles. The first-order chi connectivity index (χ1) is 27.3. The van der Waals surface area contributed by atoms with E-state index in [0.717, 1.165) is 105 Å². The van der Waals surface area contributed by atoms with Crippen LogP contribution in [0.1, 0.15) is 0 Å². The summed E-state index contributed by atoms with van der Waals surface area (Å²) in [7, 11) is 0. The van der Waals surface area contributed by atoms with Crippen LogP contribution in [-0.4, -0.2) is 23.8 Å². The van der Waals surface area contributed by atoms with E-state index in [1.54, 1.807) is 0 Å². The monoisotopic (exact) mass is 701 g/mol. The minimum atomic E-state index is 0.962. The third kappa shape index (κ3) is 4.29. The number of rotatable bonds is 5. The molecule has 12 rings (SSSR count). The van der Waals surface area contributed by atoms with Gasteiger partial charge < -0.3 is 4.57 Å². The maximum absolute atomic E-state index is 5.56. The molecule has 2 aromatic heterocycles. The van der Waals surface area contributed by atoms with E-state index in [4.69, 9.17) is 10.2 Å². The number of hydrogen-bond donors (Lipinski definition) is 0. The van der Waals surface area contributed by atoms with E-state index in [0.29, 0.717) is 0 Å². The predicted octanol–water partition coefficient (Wildman–Crippen LogP) is 12.4. The summed E-state index contributed by atoms with van der Waals surface area (Å²) >= 11 is 0. The van der Waals surface area contributed by atoms with Gasteiger partial charge in [0.25, 0.3) is 0 Å². The Morgan fingerprint density at radius 2 is 0.673 bits per heavy atom. The highest BCUT2D eigenvalue weighted by molar-refractivity contribution is 6.17. The smallest absolute Gasteiger partial charge is 0.101 e. The number of aromatic nitrogens is 5. The summed E-state index contributed by atoms with van der Waals surface area (Å²) in [6.45, 7) is 0. The molecule has 0 amide bonds. The van der Waals surface area contributed by atoms with Gasteiger partial charge in [0.05, 0.1) is 38.8 Å². The second kappa shape index (κ2) is 11.5. The van der Waals surface area contributed by atoms with Crippen molar-refractivity contribution in [2.45, 2.75) is 0 Å². The summed E-state index contributed by atoms with van der Waals surface area (Å²) < 4.78 is 6.87. The van der Waals surface area contributed by atoms with Crippen molar-refractivity contribution >= 4 is 43.9 Å². The van der Waals surface area contributed by atoms with Gasteiger partial charge >= 0.3 is 0 Å². The van der Waals surface area contributed by atoms with Crippen LogP contribution in [0.15, 0.2) is 188 Å². The molecule has 0 saturated heterocycles. The fourth-order valence-electron chi connectivity index (χ4n) is 8.81. The maximum Gasteiger partial charge on any atom is 0.101 e. The summed E-state index contributed by atoms with van der Waals surface area (Å²) in [4.78, 5) is 0. The van der Waals surface area contributed by atoms with E-state index >= 15 is 0 Å². The van der Waals surface area contributed by atoms with Crippen LogP contribution >= 0.6 is 0 Å². The molecule has 0 atom stereocenters. The highest BCUT2D eigenvalue weighted by Gasteiger charge is 2.30. The van der Waals surface area contributed by atoms with E-state index in [9.17, 15) is 0 Å². The molecule has 5 heteroatoms. The van der Waals surface area contributed by atoms with Crippen LogP contribution in [-0.2, 0) is 0 Å². The third-order valence-corrected chi connectivity index (χ3v) is 11.2. The van der Waals surface area contributed by atoms with Crippen molar-refractivity contribution in [3.8, 4) is 61.6 Å². The molecule has 256 valence electrons. The summed E-state index contributed by atoms with van der Waals surface area (Å²) in [6, 6.07) is 67.0. The van der Waals surface area contributed by atoms with Crippen molar-refractivity contribution in [1.29, 1.82) is 0 Å². The largest absolute Gasteiger partial charge is 0.302 e. The molecule has 5 nitrogen and oxygen atoms in total. The predicted molar refractivity (Wildman–Crippen MR) is 225 cm³/mol. The van der Waals surface area contributed by atoms with Crippen molar-refractivity contribution in [3.63, 3.8) is 0 Å². The lowest BCUT2D eigenvalue weighted by Gasteiger charge is -2.24. The molecular formula is C50H31N5. The summed E-state index contributed by atoms with van der Waals surface area (Å²) in [5.41, 5.74) is 18.4. The lowest BCUT2D eigenvalue weighted by Crippen LogP contribution is -2.12. The zero-order valence-electron chi connectivity index (χ0n) is 29.6. The average molecular weight is 702 g/mol. The Morgan fingerprint density at radius 3 is 1.07 bits per heavy atom. The van der Waals surface area contributed by atoms with Gasteiger partial charge in [-0.25, -0.2) is 9.03 Å². The molecule has 4 heterocycles. The Kier molecular flexibility index (Phi) is 6.27. The second-order valence-electron chi connectivity index (χ2n) is 14.3. The fourth-order valence-corrected chi connectivity index (χ4v) is 8.81. The van der Waals surface area contributed by atoms with Crippen molar-refractivity contribution in [2.24, 2.45) is 0 Å². The van der Waals surface area contributed by atoms with Crippen molar-refractivity contribution in [3.05, 3.63) is 188 Å². The Morgan fingerprint density at radius 1 is 0.309 bits per heavy atom. The van der Waals surface area contributed by atoms with Crippen molar-refractivity contribution in [1.82, 2.24) is 23.8 Å². The first-order valence-electron chi connectivity index (χ1n) is 18.7. The van der Waals surface area contributed by atoms with Gasteiger partial charge in [-0.15, -0.1) is 0 Å². The molecule has 0 spiro atoms. The first-order valence-corrected chi connectivity index (χ1v) is 18.7. The zero-order chi connectivity index (χ0) is 36.0. The molecule has 0 saturated carbocycles. The lowest BCUT2D eigenvalue weighted by molar-refractivity contribution is 0.953. The summed E-state index contributed by atoms with van der Waals surface area (Å²) in [6.07, 6.45) is 0. The Labute approximate surface area is 316 Å². The van der Waals surface area contributed by atoms with Gasteiger partial charge in [-0.05, 0) is 57.6 Å². The molecule has 8 aromatic carbocycles. The van der Waals surface area contributed by atoms with E-state index in [1.165, 1.54) is 0 Å². The molecule has 10 aromatic rings. The third-order valence-electron chi connectivity index (χ3n) is 11.2. The molecule has 0 fully saturated rings. The number of nitrogens with zero attached hydrogens (tertiary/aromatic N) is 5. The molecule has 0 unspecified atom stereocenters. The van der Waals surface area contributed by atoms with Crippen LogP contribution < -0.4 is 0 Å².